The van der Waals surface area contributed by atoms with Gasteiger partial charge in [0.1, 0.15) is 6.67 Å². The van der Waals surface area contributed by atoms with Crippen molar-refractivity contribution in [3.05, 3.63) is 0 Å². The fourth-order valence-electron chi connectivity index (χ4n) is 0.169. The van der Waals surface area contributed by atoms with Gasteiger partial charge in [-0.05, 0) is 0 Å². The molecule has 2 nitrogen and oxygen atoms in total. The highest BCUT2D eigenvalue weighted by atomic mass is 19.1. The Balaban J connectivity index is 2.34. The van der Waals surface area contributed by atoms with Crippen LogP contribution in [0, 0.1) is 0 Å². The van der Waals surface area contributed by atoms with E-state index in [1.807, 2.05) is 0 Å². The van der Waals surface area contributed by atoms with E-state index in [1.165, 1.54) is 0 Å². The van der Waals surface area contributed by atoms with Crippen LogP contribution in [0.1, 0.15) is 0 Å². The lowest BCUT2D eigenvalue weighted by molar-refractivity contribution is 0.470. The molecule has 3 heteroatoms. The molecule has 0 saturated carbocycles. The molecule has 0 rings (SSSR count). The Morgan fingerprint density at radius 1 is 1.67 bits per heavy atom. The molecule has 0 unspecified atom stereocenters. The summed E-state index contributed by atoms with van der Waals surface area (Å²) in [7, 11) is 0. The zero-order valence-electron chi connectivity index (χ0n) is 3.58. The van der Waals surface area contributed by atoms with E-state index in [4.69, 9.17) is 5.73 Å². The number of nitrogens with one attached hydrogen (secondary N) is 1. The van der Waals surface area contributed by atoms with Crippen molar-refractivity contribution >= 4 is 0 Å². The Hall–Kier alpha value is -0.150. The van der Waals surface area contributed by atoms with Gasteiger partial charge in [0.2, 0.25) is 0 Å². The highest BCUT2D eigenvalue weighted by Gasteiger charge is 1.74. The first-order valence-corrected chi connectivity index (χ1v) is 1.88. The summed E-state index contributed by atoms with van der Waals surface area (Å²) in [5, 5.41) is 2.60. The van der Waals surface area contributed by atoms with Crippen LogP contribution < -0.4 is 11.1 Å². The second-order valence-corrected chi connectivity index (χ2v) is 0.893. The number of hydrogen-bond donors (Lipinski definition) is 2. The van der Waals surface area contributed by atoms with Crippen LogP contribution in [0.2, 0.25) is 0 Å². The summed E-state index contributed by atoms with van der Waals surface area (Å²) >= 11 is 0. The van der Waals surface area contributed by atoms with Crippen LogP contribution in [0.5, 0.6) is 0 Å². The summed E-state index contributed by atoms with van der Waals surface area (Å²) in [6.07, 6.45) is 0. The molecular weight excluding hydrogens is 83.0 g/mol. The van der Waals surface area contributed by atoms with Crippen LogP contribution in [-0.4, -0.2) is 19.9 Å². The van der Waals surface area contributed by atoms with Gasteiger partial charge in [0.25, 0.3) is 0 Å². The Bertz CT molecular complexity index is 20.8. The van der Waals surface area contributed by atoms with Crippen LogP contribution in [-0.2, 0) is 0 Å². The van der Waals surface area contributed by atoms with Crippen molar-refractivity contribution in [1.82, 2.24) is 5.32 Å². The minimum atomic E-state index is -0.336. The first-order valence-electron chi connectivity index (χ1n) is 1.88. The summed E-state index contributed by atoms with van der Waals surface area (Å²) in [6.45, 7) is 0.400. The third-order valence-corrected chi connectivity index (χ3v) is 0.416. The van der Waals surface area contributed by atoms with Crippen LogP contribution in [0.3, 0.4) is 0 Å². The smallest absolute Gasteiger partial charge is 0.102 e. The van der Waals surface area contributed by atoms with Gasteiger partial charge in [0, 0.05) is 13.2 Å². The third-order valence-electron chi connectivity index (χ3n) is 0.416. The molecule has 0 heterocycles. The topological polar surface area (TPSA) is 38.0 Å². The van der Waals surface area contributed by atoms with E-state index < -0.39 is 0 Å². The standard InChI is InChI=1S/C3H9FN2/c4-1-2-6-3-5/h6H,1-3,5H2. The predicted octanol–water partition coefficient (Wildman–Crippen LogP) is -0.538. The minimum absolute atomic E-state index is 0.336. The van der Waals surface area contributed by atoms with Gasteiger partial charge in [-0.1, -0.05) is 0 Å². The monoisotopic (exact) mass is 92.1 g/mol. The second-order valence-electron chi connectivity index (χ2n) is 0.893. The Labute approximate surface area is 36.5 Å². The van der Waals surface area contributed by atoms with Gasteiger partial charge >= 0.3 is 0 Å². The summed E-state index contributed by atoms with van der Waals surface area (Å²) in [5.74, 6) is 0. The molecular formula is C3H9FN2. The Kier molecular flexibility index (Phi) is 4.73. The van der Waals surface area contributed by atoms with Crippen molar-refractivity contribution in [3.8, 4) is 0 Å². The van der Waals surface area contributed by atoms with Gasteiger partial charge in [-0.15, -0.1) is 0 Å². The maximum absolute atomic E-state index is 11.1. The molecule has 0 amide bonds. The Morgan fingerprint density at radius 3 is 2.50 bits per heavy atom. The average Bonchev–Trinajstić information content (AvgIpc) is 1.61. The van der Waals surface area contributed by atoms with Crippen LogP contribution >= 0.6 is 0 Å². The van der Waals surface area contributed by atoms with Crippen molar-refractivity contribution in [3.63, 3.8) is 0 Å². The van der Waals surface area contributed by atoms with E-state index in [2.05, 4.69) is 5.32 Å². The lowest BCUT2D eigenvalue weighted by Crippen LogP contribution is -2.24. The second kappa shape index (κ2) is 4.85. The summed E-state index contributed by atoms with van der Waals surface area (Å²) in [5.41, 5.74) is 4.94. The first-order chi connectivity index (χ1) is 2.91. The molecule has 0 radical (unpaired) electrons. The zero-order chi connectivity index (χ0) is 4.83. The van der Waals surface area contributed by atoms with Crippen molar-refractivity contribution in [2.75, 3.05) is 19.9 Å². The van der Waals surface area contributed by atoms with Crippen molar-refractivity contribution in [1.29, 1.82) is 0 Å². The maximum Gasteiger partial charge on any atom is 0.102 e. The fraction of sp³-hybridized carbons (Fsp3) is 1.00. The average molecular weight is 92.1 g/mol. The SMILES string of the molecule is NCNCCF. The number of nitrogens with two attached hydrogens (primary N) is 1. The van der Waals surface area contributed by atoms with E-state index in [9.17, 15) is 4.39 Å². The molecule has 0 atom stereocenters. The van der Waals surface area contributed by atoms with Gasteiger partial charge in [0.05, 0.1) is 0 Å². The van der Waals surface area contributed by atoms with Crippen LogP contribution in [0.25, 0.3) is 0 Å². The Morgan fingerprint density at radius 2 is 2.33 bits per heavy atom. The van der Waals surface area contributed by atoms with Gasteiger partial charge in [0.15, 0.2) is 0 Å². The first kappa shape index (κ1) is 5.85. The van der Waals surface area contributed by atoms with E-state index in [-0.39, 0.29) is 6.67 Å². The highest BCUT2D eigenvalue weighted by molar-refractivity contribution is 4.34. The number of halogens is 1. The molecule has 0 aliphatic rings. The number of alkyl halides is 1. The largest absolute Gasteiger partial charge is 0.318 e. The van der Waals surface area contributed by atoms with E-state index >= 15 is 0 Å². The molecule has 0 aliphatic carbocycles. The minimum Gasteiger partial charge on any atom is -0.318 e. The lowest BCUT2D eigenvalue weighted by Gasteiger charge is -1.90. The molecule has 38 valence electrons. The molecule has 0 aromatic carbocycles. The van der Waals surface area contributed by atoms with Gasteiger partial charge in [-0.25, -0.2) is 4.39 Å². The van der Waals surface area contributed by atoms with E-state index in [1.54, 1.807) is 0 Å². The van der Waals surface area contributed by atoms with Crippen molar-refractivity contribution in [2.45, 2.75) is 0 Å². The molecule has 0 aromatic rings. The van der Waals surface area contributed by atoms with Crippen LogP contribution in [0.15, 0.2) is 0 Å². The molecule has 0 aliphatic heterocycles. The maximum atomic E-state index is 11.1. The molecule has 3 N–H and O–H groups in total. The molecule has 0 fully saturated rings. The molecule has 6 heavy (non-hydrogen) atoms. The predicted molar refractivity (Wildman–Crippen MR) is 23.0 cm³/mol. The van der Waals surface area contributed by atoms with Gasteiger partial charge in [-0.2, -0.15) is 0 Å². The highest BCUT2D eigenvalue weighted by Crippen LogP contribution is 1.57. The summed E-state index contributed by atoms with van der Waals surface area (Å²) in [4.78, 5) is 0. The van der Waals surface area contributed by atoms with E-state index in [0.29, 0.717) is 13.2 Å². The molecule has 0 saturated heterocycles. The van der Waals surface area contributed by atoms with E-state index in [0.717, 1.165) is 0 Å². The van der Waals surface area contributed by atoms with Crippen LogP contribution in [0.4, 0.5) is 4.39 Å². The quantitative estimate of drug-likeness (QED) is 0.362. The van der Waals surface area contributed by atoms with Gasteiger partial charge < -0.3 is 11.1 Å². The summed E-state index contributed by atoms with van der Waals surface area (Å²) in [6, 6.07) is 0. The lowest BCUT2D eigenvalue weighted by atomic mass is 10.7. The number of hydrogen-bond acceptors (Lipinski definition) is 2. The third kappa shape index (κ3) is 3.85. The van der Waals surface area contributed by atoms with Gasteiger partial charge in [-0.3, -0.25) is 0 Å². The van der Waals surface area contributed by atoms with Crippen molar-refractivity contribution in [2.24, 2.45) is 5.73 Å². The normalized spacial score (nSPS) is 9.00. The summed E-state index contributed by atoms with van der Waals surface area (Å²) < 4.78 is 11.1. The fourth-order valence-corrected chi connectivity index (χ4v) is 0.169. The van der Waals surface area contributed by atoms with Crippen molar-refractivity contribution < 1.29 is 4.39 Å². The zero-order valence-corrected chi connectivity index (χ0v) is 3.58. The molecule has 0 aromatic heterocycles. The number of rotatable bonds is 3. The molecule has 0 spiro atoms. The molecule has 0 bridgehead atoms.